The van der Waals surface area contributed by atoms with Crippen molar-refractivity contribution in [3.8, 4) is 0 Å². The lowest BCUT2D eigenvalue weighted by molar-refractivity contribution is -0.325. The molecule has 5 aliphatic carbocycles. The number of ether oxygens (including phenoxy) is 3. The van der Waals surface area contributed by atoms with E-state index in [-0.39, 0.29) is 57.2 Å². The molecule has 1 aliphatic heterocycles. The zero-order valence-electron chi connectivity index (χ0n) is 29.6. The highest BCUT2D eigenvalue weighted by molar-refractivity contribution is 5.86. The van der Waals surface area contributed by atoms with E-state index in [1.54, 1.807) is 0 Å². The number of esters is 1. The van der Waals surface area contributed by atoms with Crippen molar-refractivity contribution in [3.63, 3.8) is 0 Å². The van der Waals surface area contributed by atoms with E-state index in [0.717, 1.165) is 45.6 Å². The number of hydrogen-bond donors (Lipinski definition) is 4. The fourth-order valence-electron chi connectivity index (χ4n) is 12.7. The number of carbonyl (C=O) groups excluding carboxylic acids is 2. The molecule has 0 amide bonds. The van der Waals surface area contributed by atoms with Crippen LogP contribution in [0.4, 0.5) is 0 Å². The molecule has 14 atom stereocenters. The Morgan fingerprint density at radius 3 is 2.11 bits per heavy atom. The highest BCUT2D eigenvalue weighted by atomic mass is 16.7. The second-order valence-electron chi connectivity index (χ2n) is 18.5. The van der Waals surface area contributed by atoms with Gasteiger partial charge in [-0.15, -0.1) is 0 Å². The van der Waals surface area contributed by atoms with Crippen molar-refractivity contribution >= 4 is 17.7 Å². The van der Waals surface area contributed by atoms with Gasteiger partial charge < -0.3 is 34.6 Å². The Balaban J connectivity index is 1.28. The van der Waals surface area contributed by atoms with Crippen molar-refractivity contribution in [2.45, 2.75) is 149 Å². The fraction of sp³-hybridized carbons (Fsp3) is 0.919. The van der Waals surface area contributed by atoms with Gasteiger partial charge in [-0.25, -0.2) is 4.79 Å². The predicted octanol–water partition coefficient (Wildman–Crippen LogP) is 4.50. The summed E-state index contributed by atoms with van der Waals surface area (Å²) in [7, 11) is 1.16. The average Bonchev–Trinajstić information content (AvgIpc) is 2.99. The maximum Gasteiger partial charge on any atom is 0.337 e. The molecule has 0 unspecified atom stereocenters. The molecular formula is C37H58O10. The maximum absolute atomic E-state index is 14.6. The van der Waals surface area contributed by atoms with E-state index in [2.05, 4.69) is 48.5 Å². The van der Waals surface area contributed by atoms with E-state index in [4.69, 9.17) is 14.2 Å². The first-order valence-electron chi connectivity index (χ1n) is 17.9. The summed E-state index contributed by atoms with van der Waals surface area (Å²) in [6.07, 6.45) is -0.599. The van der Waals surface area contributed by atoms with Gasteiger partial charge in [-0.1, -0.05) is 48.5 Å². The molecule has 266 valence electrons. The van der Waals surface area contributed by atoms with E-state index in [0.29, 0.717) is 25.7 Å². The number of rotatable bonds is 4. The quantitative estimate of drug-likeness (QED) is 0.249. The topological polar surface area (TPSA) is 160 Å². The van der Waals surface area contributed by atoms with E-state index in [9.17, 15) is 34.8 Å². The fourth-order valence-corrected chi connectivity index (χ4v) is 12.7. The van der Waals surface area contributed by atoms with Gasteiger partial charge in [-0.2, -0.15) is 0 Å². The van der Waals surface area contributed by atoms with Crippen LogP contribution >= 0.6 is 0 Å². The first-order chi connectivity index (χ1) is 21.7. The molecule has 6 rings (SSSR count). The van der Waals surface area contributed by atoms with Crippen molar-refractivity contribution in [2.24, 2.45) is 56.2 Å². The van der Waals surface area contributed by atoms with Crippen LogP contribution in [-0.4, -0.2) is 82.1 Å². The number of carboxylic acid groups (broad SMARTS) is 1. The molecule has 6 aliphatic rings. The van der Waals surface area contributed by atoms with Gasteiger partial charge in [0, 0.05) is 12.3 Å². The third-order valence-electron chi connectivity index (χ3n) is 15.7. The molecule has 0 aromatic heterocycles. The Morgan fingerprint density at radius 1 is 0.809 bits per heavy atom. The van der Waals surface area contributed by atoms with Gasteiger partial charge in [0.2, 0.25) is 0 Å². The number of ketones is 1. The molecule has 0 spiro atoms. The largest absolute Gasteiger partial charge is 0.481 e. The van der Waals surface area contributed by atoms with Crippen LogP contribution in [0.3, 0.4) is 0 Å². The van der Waals surface area contributed by atoms with Crippen LogP contribution in [-0.2, 0) is 28.6 Å². The Kier molecular flexibility index (Phi) is 8.40. The minimum Gasteiger partial charge on any atom is -0.481 e. The summed E-state index contributed by atoms with van der Waals surface area (Å²) in [5.41, 5.74) is -1.83. The van der Waals surface area contributed by atoms with Crippen LogP contribution in [0.1, 0.15) is 113 Å². The molecule has 5 saturated carbocycles. The zero-order valence-corrected chi connectivity index (χ0v) is 29.6. The maximum atomic E-state index is 14.6. The number of aliphatic hydroxyl groups excluding tert-OH is 3. The first-order valence-corrected chi connectivity index (χ1v) is 17.9. The Morgan fingerprint density at radius 2 is 1.47 bits per heavy atom. The van der Waals surface area contributed by atoms with Gasteiger partial charge in [0.25, 0.3) is 0 Å². The first kappa shape index (κ1) is 35.2. The molecular weight excluding hydrogens is 604 g/mol. The Hall–Kier alpha value is -1.59. The lowest BCUT2D eigenvalue weighted by atomic mass is 9.31. The molecule has 1 heterocycles. The van der Waals surface area contributed by atoms with Crippen LogP contribution in [0.25, 0.3) is 0 Å². The van der Waals surface area contributed by atoms with E-state index in [1.165, 1.54) is 0 Å². The van der Waals surface area contributed by atoms with Gasteiger partial charge in [0.1, 0.15) is 24.1 Å². The number of carboxylic acids is 1. The van der Waals surface area contributed by atoms with Gasteiger partial charge in [-0.05, 0) is 103 Å². The Labute approximate surface area is 279 Å². The second-order valence-corrected chi connectivity index (χ2v) is 18.5. The highest BCUT2D eigenvalue weighted by Crippen LogP contribution is 2.76. The molecule has 1 saturated heterocycles. The van der Waals surface area contributed by atoms with Gasteiger partial charge in [0.15, 0.2) is 12.4 Å². The summed E-state index contributed by atoms with van der Waals surface area (Å²) in [5.74, 6) is -1.41. The highest BCUT2D eigenvalue weighted by Gasteiger charge is 2.73. The molecule has 4 N–H and O–H groups in total. The number of fused-ring (bicyclic) bond motifs is 7. The number of carbonyl (C=O) groups is 3. The number of aliphatic hydroxyl groups is 3. The zero-order chi connectivity index (χ0) is 34.7. The van der Waals surface area contributed by atoms with E-state index >= 15 is 0 Å². The summed E-state index contributed by atoms with van der Waals surface area (Å²) in [6, 6.07) is 0. The SMILES string of the molecule is COC(=O)[C@H]1O[C@@H](O[C@H]2CC[C@]3(C)[C@H]4CC(=O)[C@@H]5[C@@H]6CC(C)(C)CC[C@]6(C(=O)O)CC[C@@]5(C)[C@]4(C)CC[C@H]3C2(C)C)[C@H](O)[C@@H](O)[C@@H]1O. The van der Waals surface area contributed by atoms with Gasteiger partial charge in [0.05, 0.1) is 18.6 Å². The average molecular weight is 663 g/mol. The summed E-state index contributed by atoms with van der Waals surface area (Å²) in [4.78, 5) is 39.9. The Bertz CT molecular complexity index is 1300. The lowest BCUT2D eigenvalue weighted by Gasteiger charge is -2.72. The molecule has 0 aromatic carbocycles. The monoisotopic (exact) mass is 662 g/mol. The molecule has 0 radical (unpaired) electrons. The third-order valence-corrected chi connectivity index (χ3v) is 15.7. The van der Waals surface area contributed by atoms with Crippen molar-refractivity contribution in [1.29, 1.82) is 0 Å². The van der Waals surface area contributed by atoms with Crippen molar-refractivity contribution in [2.75, 3.05) is 7.11 Å². The molecule has 10 nitrogen and oxygen atoms in total. The van der Waals surface area contributed by atoms with E-state index in [1.807, 2.05) is 0 Å². The van der Waals surface area contributed by atoms with Gasteiger partial charge in [-0.3, -0.25) is 9.59 Å². The molecule has 6 fully saturated rings. The normalized spacial score (nSPS) is 51.9. The predicted molar refractivity (Wildman–Crippen MR) is 171 cm³/mol. The van der Waals surface area contributed by atoms with Crippen LogP contribution in [0.5, 0.6) is 0 Å². The van der Waals surface area contributed by atoms with Crippen LogP contribution in [0, 0.1) is 56.2 Å². The number of Topliss-reactive ketones (excluding diaryl/α,β-unsaturated/α-hetero) is 1. The second kappa shape index (κ2) is 11.2. The number of aliphatic carboxylic acids is 1. The third kappa shape index (κ3) is 4.84. The smallest absolute Gasteiger partial charge is 0.337 e. The summed E-state index contributed by atoms with van der Waals surface area (Å²) < 4.78 is 16.9. The summed E-state index contributed by atoms with van der Waals surface area (Å²) >= 11 is 0. The van der Waals surface area contributed by atoms with Crippen LogP contribution in [0.15, 0.2) is 0 Å². The van der Waals surface area contributed by atoms with E-state index < -0.39 is 53.5 Å². The lowest BCUT2D eigenvalue weighted by Crippen LogP contribution is -2.70. The standard InChI is InChI=1S/C37H58O10/c1-32(2)13-15-37(31(43)44)16-14-36(7)24(19(37)18-32)20(38)17-22-34(5)11-10-23(33(3,4)21(34)9-12-35(22,36)6)46-30-27(41)25(39)26(40)28(47-30)29(42)45-8/h19,21-28,30,39-41H,9-18H2,1-8H3,(H,43,44)/t19-,21-,22+,23-,24-,25-,26-,27+,28-,30+,34-,35+,36+,37-/m0/s1. The number of methoxy groups -OCH3 is 1. The van der Waals surface area contributed by atoms with Crippen LogP contribution in [0.2, 0.25) is 0 Å². The molecule has 0 aromatic rings. The molecule has 10 heteroatoms. The minimum absolute atomic E-state index is 0.00652. The molecule has 47 heavy (non-hydrogen) atoms. The summed E-state index contributed by atoms with van der Waals surface area (Å²) in [5, 5.41) is 42.4. The number of hydrogen-bond acceptors (Lipinski definition) is 9. The van der Waals surface area contributed by atoms with Crippen molar-refractivity contribution < 1.29 is 49.0 Å². The molecule has 0 bridgehead atoms. The van der Waals surface area contributed by atoms with Gasteiger partial charge >= 0.3 is 11.9 Å². The van der Waals surface area contributed by atoms with Crippen LogP contribution < -0.4 is 0 Å². The van der Waals surface area contributed by atoms with Crippen molar-refractivity contribution in [3.05, 3.63) is 0 Å². The summed E-state index contributed by atoms with van der Waals surface area (Å²) in [6.45, 7) is 15.9. The minimum atomic E-state index is -1.65. The van der Waals surface area contributed by atoms with Crippen molar-refractivity contribution in [1.82, 2.24) is 0 Å².